The number of carbonyl (C=O) groups excluding carboxylic acids is 1. The SMILES string of the molecule is CC(CI)c1ccc(C(=O)Nc2nc3ccccc3s2)c2c1CCNC2. The van der Waals surface area contributed by atoms with E-state index in [1.54, 1.807) is 0 Å². The van der Waals surface area contributed by atoms with Crippen LogP contribution in [-0.2, 0) is 13.0 Å². The van der Waals surface area contributed by atoms with Crippen molar-refractivity contribution in [2.45, 2.75) is 25.8 Å². The summed E-state index contributed by atoms with van der Waals surface area (Å²) in [6.07, 6.45) is 0.980. The molecular weight excluding hydrogens is 457 g/mol. The van der Waals surface area contributed by atoms with E-state index in [0.717, 1.165) is 45.3 Å². The minimum absolute atomic E-state index is 0.0716. The molecule has 0 saturated carbocycles. The summed E-state index contributed by atoms with van der Waals surface area (Å²) in [5, 5.41) is 7.06. The van der Waals surface area contributed by atoms with Gasteiger partial charge in [0.1, 0.15) is 0 Å². The standard InChI is InChI=1S/C20H20IN3OS/c1-12(10-21)13-6-7-15(16-11-22-9-8-14(13)16)19(25)24-20-23-17-4-2-3-5-18(17)26-20/h2-7,12,22H,8-11H2,1H3,(H,23,24,25). The van der Waals surface area contributed by atoms with Crippen molar-refractivity contribution in [3.63, 3.8) is 0 Å². The number of halogens is 1. The third-order valence-corrected chi connectivity index (χ3v) is 7.12. The Morgan fingerprint density at radius 1 is 1.31 bits per heavy atom. The van der Waals surface area contributed by atoms with Gasteiger partial charge in [0.15, 0.2) is 5.13 Å². The second kappa shape index (κ2) is 7.62. The number of amides is 1. The number of para-hydroxylation sites is 1. The van der Waals surface area contributed by atoms with E-state index in [0.29, 0.717) is 11.0 Å². The Balaban J connectivity index is 1.67. The van der Waals surface area contributed by atoms with Crippen molar-refractivity contribution in [1.29, 1.82) is 0 Å². The molecule has 0 spiro atoms. The molecule has 0 saturated heterocycles. The fourth-order valence-electron chi connectivity index (χ4n) is 3.48. The maximum absolute atomic E-state index is 12.9. The van der Waals surface area contributed by atoms with Crippen LogP contribution in [0.5, 0.6) is 0 Å². The van der Waals surface area contributed by atoms with Gasteiger partial charge in [-0.25, -0.2) is 4.98 Å². The Bertz CT molecular complexity index is 936. The molecule has 2 heterocycles. The van der Waals surface area contributed by atoms with Crippen molar-refractivity contribution in [1.82, 2.24) is 10.3 Å². The van der Waals surface area contributed by atoms with Gasteiger partial charge in [0.25, 0.3) is 5.91 Å². The zero-order valence-corrected chi connectivity index (χ0v) is 17.5. The van der Waals surface area contributed by atoms with Crippen LogP contribution in [0.2, 0.25) is 0 Å². The first-order valence-corrected chi connectivity index (χ1v) is 11.1. The molecule has 1 aromatic heterocycles. The van der Waals surface area contributed by atoms with Crippen molar-refractivity contribution < 1.29 is 4.79 Å². The number of hydrogen-bond acceptors (Lipinski definition) is 4. The first-order chi connectivity index (χ1) is 12.7. The van der Waals surface area contributed by atoms with E-state index in [1.165, 1.54) is 22.5 Å². The Kier molecular flexibility index (Phi) is 5.24. The quantitative estimate of drug-likeness (QED) is 0.422. The zero-order chi connectivity index (χ0) is 18.1. The van der Waals surface area contributed by atoms with E-state index in [4.69, 9.17) is 0 Å². The number of thiazole rings is 1. The summed E-state index contributed by atoms with van der Waals surface area (Å²) < 4.78 is 2.16. The zero-order valence-electron chi connectivity index (χ0n) is 14.5. The number of fused-ring (bicyclic) bond motifs is 2. The van der Waals surface area contributed by atoms with Gasteiger partial charge in [-0.3, -0.25) is 10.1 Å². The summed E-state index contributed by atoms with van der Waals surface area (Å²) in [6.45, 7) is 3.97. The van der Waals surface area contributed by atoms with Gasteiger partial charge in [-0.15, -0.1) is 0 Å². The molecule has 1 unspecified atom stereocenters. The van der Waals surface area contributed by atoms with E-state index in [2.05, 4.69) is 51.2 Å². The number of aromatic nitrogens is 1. The van der Waals surface area contributed by atoms with Crippen LogP contribution >= 0.6 is 33.9 Å². The smallest absolute Gasteiger partial charge is 0.257 e. The second-order valence-corrected chi connectivity index (χ2v) is 8.49. The summed E-state index contributed by atoms with van der Waals surface area (Å²) >= 11 is 3.94. The minimum Gasteiger partial charge on any atom is -0.312 e. The van der Waals surface area contributed by atoms with Gasteiger partial charge >= 0.3 is 0 Å². The first-order valence-electron chi connectivity index (χ1n) is 8.75. The van der Waals surface area contributed by atoms with Gasteiger partial charge in [0, 0.05) is 16.5 Å². The predicted octanol–water partition coefficient (Wildman–Crippen LogP) is 4.73. The lowest BCUT2D eigenvalue weighted by Crippen LogP contribution is -2.28. The molecule has 0 fully saturated rings. The molecule has 0 bridgehead atoms. The van der Waals surface area contributed by atoms with Crippen molar-refractivity contribution in [3.05, 3.63) is 58.7 Å². The Labute approximate surface area is 170 Å². The summed E-state index contributed by atoms with van der Waals surface area (Å²) in [5.41, 5.74) is 5.56. The molecule has 3 aromatic rings. The van der Waals surface area contributed by atoms with Gasteiger partial charge in [-0.1, -0.05) is 59.1 Å². The highest BCUT2D eigenvalue weighted by Gasteiger charge is 2.22. The van der Waals surface area contributed by atoms with Crippen LogP contribution in [0.3, 0.4) is 0 Å². The minimum atomic E-state index is -0.0716. The lowest BCUT2D eigenvalue weighted by atomic mass is 9.86. The molecule has 1 aliphatic heterocycles. The molecule has 1 aliphatic rings. The number of nitrogens with one attached hydrogen (secondary N) is 2. The maximum atomic E-state index is 12.9. The number of carbonyl (C=O) groups is 1. The molecule has 6 heteroatoms. The topological polar surface area (TPSA) is 54.0 Å². The van der Waals surface area contributed by atoms with Crippen LogP contribution in [-0.4, -0.2) is 21.9 Å². The van der Waals surface area contributed by atoms with E-state index < -0.39 is 0 Å². The third-order valence-electron chi connectivity index (χ3n) is 4.84. The van der Waals surface area contributed by atoms with Crippen LogP contribution in [0, 0.1) is 0 Å². The van der Waals surface area contributed by atoms with Crippen molar-refractivity contribution in [3.8, 4) is 0 Å². The molecule has 2 aromatic carbocycles. The molecule has 26 heavy (non-hydrogen) atoms. The molecule has 2 N–H and O–H groups in total. The number of alkyl halides is 1. The lowest BCUT2D eigenvalue weighted by Gasteiger charge is -2.25. The summed E-state index contributed by atoms with van der Waals surface area (Å²) in [4.78, 5) is 17.5. The first kappa shape index (κ1) is 17.9. The summed E-state index contributed by atoms with van der Waals surface area (Å²) in [5.74, 6) is 0.432. The van der Waals surface area contributed by atoms with Crippen LogP contribution in [0.4, 0.5) is 5.13 Å². The highest BCUT2D eigenvalue weighted by Crippen LogP contribution is 2.31. The van der Waals surface area contributed by atoms with E-state index >= 15 is 0 Å². The van der Waals surface area contributed by atoms with Crippen LogP contribution in [0.25, 0.3) is 10.2 Å². The van der Waals surface area contributed by atoms with E-state index in [1.807, 2.05) is 30.3 Å². The Hall–Kier alpha value is -1.51. The Morgan fingerprint density at radius 3 is 2.96 bits per heavy atom. The number of rotatable bonds is 4. The molecule has 4 rings (SSSR count). The average Bonchev–Trinajstić information content (AvgIpc) is 3.08. The normalized spacial score (nSPS) is 14.8. The fraction of sp³-hybridized carbons (Fsp3) is 0.300. The molecule has 4 nitrogen and oxygen atoms in total. The molecule has 0 radical (unpaired) electrons. The number of benzene rings is 2. The van der Waals surface area contributed by atoms with Gasteiger partial charge in [0.05, 0.1) is 10.2 Å². The molecule has 1 amide bonds. The highest BCUT2D eigenvalue weighted by atomic mass is 127. The van der Waals surface area contributed by atoms with Crippen LogP contribution in [0.1, 0.15) is 39.9 Å². The number of nitrogens with zero attached hydrogens (tertiary/aromatic N) is 1. The average molecular weight is 477 g/mol. The van der Waals surface area contributed by atoms with Crippen LogP contribution < -0.4 is 10.6 Å². The Morgan fingerprint density at radius 2 is 2.15 bits per heavy atom. The van der Waals surface area contributed by atoms with Crippen molar-refractivity contribution in [2.24, 2.45) is 0 Å². The maximum Gasteiger partial charge on any atom is 0.257 e. The van der Waals surface area contributed by atoms with E-state index in [9.17, 15) is 4.79 Å². The highest BCUT2D eigenvalue weighted by molar-refractivity contribution is 14.1. The second-order valence-electron chi connectivity index (χ2n) is 6.58. The fourth-order valence-corrected chi connectivity index (χ4v) is 4.82. The van der Waals surface area contributed by atoms with Crippen molar-refractivity contribution in [2.75, 3.05) is 16.3 Å². The van der Waals surface area contributed by atoms with Gasteiger partial charge in [0.2, 0.25) is 0 Å². The van der Waals surface area contributed by atoms with Gasteiger partial charge in [-0.2, -0.15) is 0 Å². The molecular formula is C20H20IN3OS. The summed E-state index contributed by atoms with van der Waals surface area (Å²) in [6, 6.07) is 12.1. The van der Waals surface area contributed by atoms with Crippen molar-refractivity contribution >= 4 is 55.2 Å². The molecule has 1 atom stereocenters. The van der Waals surface area contributed by atoms with Gasteiger partial charge in [-0.05, 0) is 53.8 Å². The predicted molar refractivity (Wildman–Crippen MR) is 117 cm³/mol. The monoisotopic (exact) mass is 477 g/mol. The number of hydrogen-bond donors (Lipinski definition) is 2. The number of anilines is 1. The molecule has 0 aliphatic carbocycles. The summed E-state index contributed by atoms with van der Waals surface area (Å²) in [7, 11) is 0. The van der Waals surface area contributed by atoms with Crippen LogP contribution in [0.15, 0.2) is 36.4 Å². The largest absolute Gasteiger partial charge is 0.312 e. The third kappa shape index (κ3) is 3.37. The molecule has 134 valence electrons. The lowest BCUT2D eigenvalue weighted by molar-refractivity contribution is 0.102. The van der Waals surface area contributed by atoms with Gasteiger partial charge < -0.3 is 5.32 Å². The van der Waals surface area contributed by atoms with E-state index in [-0.39, 0.29) is 5.91 Å².